The number of ether oxygens (including phenoxy) is 1. The van der Waals surface area contributed by atoms with E-state index in [9.17, 15) is 10.1 Å². The summed E-state index contributed by atoms with van der Waals surface area (Å²) in [6, 6.07) is 4.75. The molecule has 0 amide bonds. The summed E-state index contributed by atoms with van der Waals surface area (Å²) in [4.78, 5) is 10.1. The largest absolute Gasteiger partial charge is 0.373 e. The van der Waals surface area contributed by atoms with E-state index >= 15 is 0 Å². The normalized spacial score (nSPS) is 23.3. The van der Waals surface area contributed by atoms with Gasteiger partial charge >= 0.3 is 0 Å². The fraction of sp³-hybridized carbons (Fsp3) is 0.538. The first-order valence-electron chi connectivity index (χ1n) is 6.36. The summed E-state index contributed by atoms with van der Waals surface area (Å²) < 4.78 is 5.79. The number of nitrogens with zero attached hydrogens (tertiary/aromatic N) is 1. The lowest BCUT2D eigenvalue weighted by Gasteiger charge is -2.26. The quantitative estimate of drug-likeness (QED) is 0.681. The molecule has 2 rings (SSSR count). The highest BCUT2D eigenvalue weighted by atomic mass is 35.5. The van der Waals surface area contributed by atoms with Crippen molar-refractivity contribution in [2.75, 3.05) is 0 Å². The third-order valence-electron chi connectivity index (χ3n) is 3.44. The van der Waals surface area contributed by atoms with Gasteiger partial charge in [-0.15, -0.1) is 0 Å². The lowest BCUT2D eigenvalue weighted by molar-refractivity contribution is -0.384. The summed E-state index contributed by atoms with van der Waals surface area (Å²) in [5.74, 6) is 0. The van der Waals surface area contributed by atoms with Gasteiger partial charge in [-0.3, -0.25) is 10.1 Å². The first-order chi connectivity index (χ1) is 9.06. The Morgan fingerprint density at radius 1 is 1.37 bits per heavy atom. The van der Waals surface area contributed by atoms with Crippen molar-refractivity contribution in [3.63, 3.8) is 0 Å². The average Bonchev–Trinajstić information content (AvgIpc) is 2.39. The number of halogens is 1. The Kier molecular flexibility index (Phi) is 4.74. The summed E-state index contributed by atoms with van der Waals surface area (Å²) in [5.41, 5.74) is 6.61. The maximum Gasteiger partial charge on any atom is 0.270 e. The third-order valence-corrected chi connectivity index (χ3v) is 3.79. The van der Waals surface area contributed by atoms with E-state index in [-0.39, 0.29) is 11.8 Å². The van der Waals surface area contributed by atoms with E-state index in [0.29, 0.717) is 17.7 Å². The van der Waals surface area contributed by atoms with Gasteiger partial charge in [0.2, 0.25) is 0 Å². The molecule has 1 saturated carbocycles. The van der Waals surface area contributed by atoms with Crippen LogP contribution in [0.15, 0.2) is 18.2 Å². The standard InChI is InChI=1S/C13H17ClN2O3/c14-13-7-11(16(17)18)4-1-9(13)8-19-12-5-2-10(15)3-6-12/h1,4,7,10,12H,2-3,5-6,8,15H2. The molecular formula is C13H17ClN2O3. The van der Waals surface area contributed by atoms with Crippen molar-refractivity contribution in [2.45, 2.75) is 44.4 Å². The zero-order chi connectivity index (χ0) is 13.8. The van der Waals surface area contributed by atoms with Crippen molar-refractivity contribution < 1.29 is 9.66 Å². The Balaban J connectivity index is 1.91. The van der Waals surface area contributed by atoms with Crippen LogP contribution in [0.5, 0.6) is 0 Å². The van der Waals surface area contributed by atoms with Gasteiger partial charge in [-0.1, -0.05) is 11.6 Å². The fourth-order valence-electron chi connectivity index (χ4n) is 2.23. The van der Waals surface area contributed by atoms with E-state index in [4.69, 9.17) is 22.1 Å². The third kappa shape index (κ3) is 3.89. The van der Waals surface area contributed by atoms with E-state index in [1.165, 1.54) is 12.1 Å². The summed E-state index contributed by atoms with van der Waals surface area (Å²) >= 11 is 6.01. The van der Waals surface area contributed by atoms with Crippen LogP contribution < -0.4 is 5.73 Å². The Morgan fingerprint density at radius 2 is 2.05 bits per heavy atom. The monoisotopic (exact) mass is 284 g/mol. The molecule has 6 heteroatoms. The van der Waals surface area contributed by atoms with Crippen LogP contribution in [0.25, 0.3) is 0 Å². The second-order valence-corrected chi connectivity index (χ2v) is 5.29. The van der Waals surface area contributed by atoms with Gasteiger partial charge in [-0.25, -0.2) is 0 Å². The molecule has 2 N–H and O–H groups in total. The predicted molar refractivity (Wildman–Crippen MR) is 73.1 cm³/mol. The summed E-state index contributed by atoms with van der Waals surface area (Å²) in [6.07, 6.45) is 4.11. The number of nitro groups is 1. The molecule has 1 fully saturated rings. The Hall–Kier alpha value is -1.17. The lowest BCUT2D eigenvalue weighted by atomic mass is 9.94. The number of benzene rings is 1. The molecule has 1 aliphatic rings. The molecule has 0 heterocycles. The highest BCUT2D eigenvalue weighted by molar-refractivity contribution is 6.31. The van der Waals surface area contributed by atoms with Crippen LogP contribution >= 0.6 is 11.6 Å². The number of hydrogen-bond acceptors (Lipinski definition) is 4. The minimum absolute atomic E-state index is 0.00242. The van der Waals surface area contributed by atoms with Gasteiger partial charge in [0.05, 0.1) is 22.7 Å². The average molecular weight is 285 g/mol. The van der Waals surface area contributed by atoms with Crippen LogP contribution in [0, 0.1) is 10.1 Å². The zero-order valence-electron chi connectivity index (χ0n) is 10.5. The number of nitrogens with two attached hydrogens (primary N) is 1. The molecule has 0 bridgehead atoms. The van der Waals surface area contributed by atoms with Gasteiger partial charge in [-0.2, -0.15) is 0 Å². The van der Waals surface area contributed by atoms with Crippen LogP contribution in [0.1, 0.15) is 31.2 Å². The molecule has 1 aliphatic carbocycles. The Labute approximate surface area is 116 Å². The van der Waals surface area contributed by atoms with Crippen LogP contribution in [0.4, 0.5) is 5.69 Å². The van der Waals surface area contributed by atoms with Crippen molar-refractivity contribution in [2.24, 2.45) is 5.73 Å². The lowest BCUT2D eigenvalue weighted by Crippen LogP contribution is -2.30. The molecule has 5 nitrogen and oxygen atoms in total. The van der Waals surface area contributed by atoms with Gasteiger partial charge in [0.25, 0.3) is 5.69 Å². The van der Waals surface area contributed by atoms with Crippen LogP contribution in [-0.4, -0.2) is 17.1 Å². The molecule has 0 unspecified atom stereocenters. The molecule has 1 aromatic carbocycles. The number of rotatable bonds is 4. The fourth-order valence-corrected chi connectivity index (χ4v) is 2.46. The van der Waals surface area contributed by atoms with Crippen molar-refractivity contribution in [3.05, 3.63) is 38.9 Å². The number of hydrogen-bond donors (Lipinski definition) is 1. The Morgan fingerprint density at radius 3 is 2.63 bits per heavy atom. The minimum Gasteiger partial charge on any atom is -0.373 e. The van der Waals surface area contributed by atoms with E-state index in [1.54, 1.807) is 6.07 Å². The van der Waals surface area contributed by atoms with Gasteiger partial charge in [0, 0.05) is 18.2 Å². The van der Waals surface area contributed by atoms with Crippen molar-refractivity contribution in [1.82, 2.24) is 0 Å². The highest BCUT2D eigenvalue weighted by Crippen LogP contribution is 2.25. The Bertz CT molecular complexity index is 459. The van der Waals surface area contributed by atoms with Crippen molar-refractivity contribution in [3.8, 4) is 0 Å². The summed E-state index contributed by atoms with van der Waals surface area (Å²) in [7, 11) is 0. The van der Waals surface area contributed by atoms with Crippen molar-refractivity contribution in [1.29, 1.82) is 0 Å². The molecular weight excluding hydrogens is 268 g/mol. The van der Waals surface area contributed by atoms with Gasteiger partial charge in [-0.05, 0) is 37.3 Å². The smallest absolute Gasteiger partial charge is 0.270 e. The molecule has 0 spiro atoms. The van der Waals surface area contributed by atoms with Crippen LogP contribution in [0.3, 0.4) is 0 Å². The number of non-ortho nitro benzene ring substituents is 1. The van der Waals surface area contributed by atoms with Crippen LogP contribution in [-0.2, 0) is 11.3 Å². The maximum absolute atomic E-state index is 10.6. The topological polar surface area (TPSA) is 78.4 Å². The molecule has 0 saturated heterocycles. The molecule has 19 heavy (non-hydrogen) atoms. The van der Waals surface area contributed by atoms with E-state index < -0.39 is 4.92 Å². The first kappa shape index (κ1) is 14.2. The zero-order valence-corrected chi connectivity index (χ0v) is 11.3. The van der Waals surface area contributed by atoms with Crippen LogP contribution in [0.2, 0.25) is 5.02 Å². The minimum atomic E-state index is -0.459. The molecule has 104 valence electrons. The molecule has 0 radical (unpaired) electrons. The molecule has 1 aromatic rings. The SMILES string of the molecule is NC1CCC(OCc2ccc([N+](=O)[O-])cc2Cl)CC1. The highest BCUT2D eigenvalue weighted by Gasteiger charge is 2.19. The van der Waals surface area contributed by atoms with E-state index in [2.05, 4.69) is 0 Å². The molecule has 0 aliphatic heterocycles. The van der Waals surface area contributed by atoms with E-state index in [0.717, 1.165) is 31.2 Å². The predicted octanol–water partition coefficient (Wildman–Crippen LogP) is 3.03. The second kappa shape index (κ2) is 6.32. The summed E-state index contributed by atoms with van der Waals surface area (Å²) in [6.45, 7) is 0.386. The first-order valence-corrected chi connectivity index (χ1v) is 6.74. The van der Waals surface area contributed by atoms with E-state index in [1.807, 2.05) is 0 Å². The van der Waals surface area contributed by atoms with Crippen molar-refractivity contribution >= 4 is 17.3 Å². The molecule has 0 aromatic heterocycles. The summed E-state index contributed by atoms with van der Waals surface area (Å²) in [5, 5.41) is 11.0. The van der Waals surface area contributed by atoms with Gasteiger partial charge in [0.15, 0.2) is 0 Å². The van der Waals surface area contributed by atoms with Gasteiger partial charge < -0.3 is 10.5 Å². The number of nitro benzene ring substituents is 1. The second-order valence-electron chi connectivity index (χ2n) is 4.88. The molecule has 0 atom stereocenters. The van der Waals surface area contributed by atoms with Gasteiger partial charge in [0.1, 0.15) is 0 Å². The maximum atomic E-state index is 10.6.